The van der Waals surface area contributed by atoms with Gasteiger partial charge < -0.3 is 4.90 Å². The third kappa shape index (κ3) is 2.20. The van der Waals surface area contributed by atoms with Gasteiger partial charge >= 0.3 is 0 Å². The average Bonchev–Trinajstić information content (AvgIpc) is 2.57. The maximum Gasteiger partial charge on any atom is 0.0513 e. The van der Waals surface area contributed by atoms with E-state index in [2.05, 4.69) is 46.0 Å². The normalized spacial score (nSPS) is 22.7. The van der Waals surface area contributed by atoms with Crippen LogP contribution in [0.15, 0.2) is 22.7 Å². The van der Waals surface area contributed by atoms with E-state index in [0.29, 0.717) is 5.41 Å². The molecular formula is C16H22BrN. The molecular weight excluding hydrogens is 286 g/mol. The molecule has 18 heavy (non-hydrogen) atoms. The van der Waals surface area contributed by atoms with E-state index in [0.717, 1.165) is 0 Å². The van der Waals surface area contributed by atoms with Crippen molar-refractivity contribution in [2.24, 2.45) is 5.41 Å². The Morgan fingerprint density at radius 1 is 1.06 bits per heavy atom. The number of halogens is 1. The zero-order valence-corrected chi connectivity index (χ0v) is 12.8. The number of hydrogen-bond acceptors (Lipinski definition) is 1. The second-order valence-electron chi connectivity index (χ2n) is 6.18. The molecule has 98 valence electrons. The molecule has 1 aliphatic heterocycles. The van der Waals surface area contributed by atoms with Gasteiger partial charge in [0, 0.05) is 23.0 Å². The first kappa shape index (κ1) is 12.5. The maximum absolute atomic E-state index is 3.74. The molecule has 0 aromatic heterocycles. The fourth-order valence-corrected chi connectivity index (χ4v) is 4.12. The Morgan fingerprint density at radius 3 is 2.39 bits per heavy atom. The van der Waals surface area contributed by atoms with Crippen LogP contribution >= 0.6 is 15.9 Å². The molecule has 3 rings (SSSR count). The van der Waals surface area contributed by atoms with Crippen molar-refractivity contribution in [1.82, 2.24) is 0 Å². The minimum atomic E-state index is 0.652. The summed E-state index contributed by atoms with van der Waals surface area (Å²) in [6.45, 7) is 4.72. The van der Waals surface area contributed by atoms with Crippen LogP contribution in [0.3, 0.4) is 0 Å². The summed E-state index contributed by atoms with van der Waals surface area (Å²) < 4.78 is 1.29. The zero-order valence-electron chi connectivity index (χ0n) is 11.2. The lowest BCUT2D eigenvalue weighted by Crippen LogP contribution is -2.56. The van der Waals surface area contributed by atoms with Crippen LogP contribution in [0, 0.1) is 12.3 Å². The van der Waals surface area contributed by atoms with Gasteiger partial charge in [0.05, 0.1) is 5.69 Å². The van der Waals surface area contributed by atoms with Gasteiger partial charge in [0.25, 0.3) is 0 Å². The third-order valence-corrected chi connectivity index (χ3v) is 5.76. The highest BCUT2D eigenvalue weighted by atomic mass is 79.9. The first-order valence-corrected chi connectivity index (χ1v) is 8.00. The molecule has 0 amide bonds. The van der Waals surface area contributed by atoms with Crippen LogP contribution in [0.4, 0.5) is 5.69 Å². The van der Waals surface area contributed by atoms with E-state index in [9.17, 15) is 0 Å². The molecule has 0 atom stereocenters. The number of hydrogen-bond donors (Lipinski definition) is 0. The highest BCUT2D eigenvalue weighted by molar-refractivity contribution is 9.10. The fraction of sp³-hybridized carbons (Fsp3) is 0.625. The summed E-state index contributed by atoms with van der Waals surface area (Å²) in [5.74, 6) is 0. The van der Waals surface area contributed by atoms with Gasteiger partial charge in [-0.2, -0.15) is 0 Å². The smallest absolute Gasteiger partial charge is 0.0513 e. The lowest BCUT2D eigenvalue weighted by molar-refractivity contribution is 0.180. The van der Waals surface area contributed by atoms with Gasteiger partial charge in [-0.3, -0.25) is 0 Å². The quantitative estimate of drug-likeness (QED) is 0.712. The summed E-state index contributed by atoms with van der Waals surface area (Å²) >= 11 is 3.74. The van der Waals surface area contributed by atoms with Crippen molar-refractivity contribution in [1.29, 1.82) is 0 Å². The molecule has 1 nitrogen and oxygen atoms in total. The molecule has 1 spiro atoms. The topological polar surface area (TPSA) is 3.24 Å². The van der Waals surface area contributed by atoms with Crippen molar-refractivity contribution >= 4 is 21.6 Å². The predicted molar refractivity (Wildman–Crippen MR) is 81.2 cm³/mol. The van der Waals surface area contributed by atoms with Crippen molar-refractivity contribution in [3.63, 3.8) is 0 Å². The van der Waals surface area contributed by atoms with E-state index in [1.807, 2.05) is 0 Å². The summed E-state index contributed by atoms with van der Waals surface area (Å²) in [6, 6.07) is 6.60. The molecule has 0 bridgehead atoms. The van der Waals surface area contributed by atoms with Crippen molar-refractivity contribution in [2.45, 2.75) is 45.4 Å². The molecule has 0 radical (unpaired) electrons. The minimum absolute atomic E-state index is 0.652. The Balaban J connectivity index is 1.72. The van der Waals surface area contributed by atoms with Crippen molar-refractivity contribution in [3.8, 4) is 0 Å². The monoisotopic (exact) mass is 307 g/mol. The number of rotatable bonds is 1. The largest absolute Gasteiger partial charge is 0.369 e. The molecule has 0 unspecified atom stereocenters. The minimum Gasteiger partial charge on any atom is -0.369 e. The average molecular weight is 308 g/mol. The number of anilines is 1. The molecule has 1 saturated carbocycles. The zero-order chi connectivity index (χ0) is 12.6. The summed E-state index contributed by atoms with van der Waals surface area (Å²) in [6.07, 6.45) is 8.71. The first-order chi connectivity index (χ1) is 8.70. The van der Waals surface area contributed by atoms with Gasteiger partial charge in [-0.05, 0) is 47.3 Å². The molecule has 0 N–H and O–H groups in total. The third-order valence-electron chi connectivity index (χ3n) is 4.73. The Labute approximate surface area is 119 Å². The van der Waals surface area contributed by atoms with Crippen LogP contribution in [0.25, 0.3) is 0 Å². The van der Waals surface area contributed by atoms with Crippen molar-refractivity contribution in [2.75, 3.05) is 18.0 Å². The van der Waals surface area contributed by atoms with Crippen LogP contribution in [-0.4, -0.2) is 13.1 Å². The first-order valence-electron chi connectivity index (χ1n) is 7.20. The second-order valence-corrected chi connectivity index (χ2v) is 6.97. The fourth-order valence-electron chi connectivity index (χ4n) is 3.60. The van der Waals surface area contributed by atoms with E-state index >= 15 is 0 Å². The van der Waals surface area contributed by atoms with E-state index < -0.39 is 0 Å². The van der Waals surface area contributed by atoms with Crippen LogP contribution in [0.5, 0.6) is 0 Å². The van der Waals surface area contributed by atoms with Gasteiger partial charge in [-0.1, -0.05) is 37.8 Å². The second kappa shape index (κ2) is 4.88. The number of nitrogens with zero attached hydrogens (tertiary/aromatic N) is 1. The lowest BCUT2D eigenvalue weighted by atomic mass is 9.73. The molecule has 2 fully saturated rings. The van der Waals surface area contributed by atoms with Crippen molar-refractivity contribution < 1.29 is 0 Å². The Bertz CT molecular complexity index is 425. The van der Waals surface area contributed by atoms with Crippen LogP contribution in [0.2, 0.25) is 0 Å². The standard InChI is InChI=1S/C16H22BrN/c1-13-7-6-8-14(15(13)17)18-11-16(12-18)9-4-2-3-5-10-16/h6-8H,2-5,9-12H2,1H3. The van der Waals surface area contributed by atoms with E-state index in [1.165, 1.54) is 67.3 Å². The lowest BCUT2D eigenvalue weighted by Gasteiger charge is -2.52. The van der Waals surface area contributed by atoms with E-state index in [4.69, 9.17) is 0 Å². The van der Waals surface area contributed by atoms with Gasteiger partial charge in [0.15, 0.2) is 0 Å². The molecule has 1 aliphatic carbocycles. The van der Waals surface area contributed by atoms with Gasteiger partial charge in [0.2, 0.25) is 0 Å². The summed E-state index contributed by atoms with van der Waals surface area (Å²) in [4.78, 5) is 2.56. The van der Waals surface area contributed by atoms with Gasteiger partial charge in [-0.25, -0.2) is 0 Å². The number of aryl methyl sites for hydroxylation is 1. The van der Waals surface area contributed by atoms with Crippen LogP contribution in [-0.2, 0) is 0 Å². The van der Waals surface area contributed by atoms with Crippen molar-refractivity contribution in [3.05, 3.63) is 28.2 Å². The number of benzene rings is 1. The van der Waals surface area contributed by atoms with E-state index in [-0.39, 0.29) is 0 Å². The molecule has 2 heteroatoms. The Morgan fingerprint density at radius 2 is 1.72 bits per heavy atom. The van der Waals surface area contributed by atoms with Crippen LogP contribution in [0.1, 0.15) is 44.1 Å². The van der Waals surface area contributed by atoms with Gasteiger partial charge in [0.1, 0.15) is 0 Å². The Kier molecular flexibility index (Phi) is 3.40. The van der Waals surface area contributed by atoms with Gasteiger partial charge in [-0.15, -0.1) is 0 Å². The predicted octanol–water partition coefficient (Wildman–Crippen LogP) is 4.92. The highest BCUT2D eigenvalue weighted by Crippen LogP contribution is 2.46. The SMILES string of the molecule is Cc1cccc(N2CC3(CCCCCC3)C2)c1Br. The summed E-state index contributed by atoms with van der Waals surface area (Å²) in [7, 11) is 0. The molecule has 2 aliphatic rings. The molecule has 1 heterocycles. The van der Waals surface area contributed by atoms with E-state index in [1.54, 1.807) is 0 Å². The maximum atomic E-state index is 3.74. The molecule has 1 saturated heterocycles. The Hall–Kier alpha value is -0.500. The highest BCUT2D eigenvalue weighted by Gasteiger charge is 2.43. The summed E-state index contributed by atoms with van der Waals surface area (Å²) in [5.41, 5.74) is 3.39. The molecule has 1 aromatic carbocycles. The molecule has 1 aromatic rings. The van der Waals surface area contributed by atoms with Crippen LogP contribution < -0.4 is 4.90 Å². The summed E-state index contributed by atoms with van der Waals surface area (Å²) in [5, 5.41) is 0.